The van der Waals surface area contributed by atoms with Gasteiger partial charge in [-0.3, -0.25) is 15.1 Å². The molecule has 2 rings (SSSR count). The minimum Gasteiger partial charge on any atom is -0.299 e. The molecule has 1 fully saturated rings. The summed E-state index contributed by atoms with van der Waals surface area (Å²) < 4.78 is 1.92. The van der Waals surface area contributed by atoms with Crippen molar-refractivity contribution in [1.82, 2.24) is 4.31 Å². The van der Waals surface area contributed by atoms with Crippen LogP contribution >= 0.6 is 11.9 Å². The molecule has 0 aliphatic carbocycles. The first-order chi connectivity index (χ1) is 9.10. The van der Waals surface area contributed by atoms with Crippen LogP contribution in [0, 0.1) is 5.41 Å². The molecule has 1 atom stereocenters. The van der Waals surface area contributed by atoms with Crippen molar-refractivity contribution in [1.29, 1.82) is 5.41 Å². The number of nitrogens with one attached hydrogen (secondary N) is 1. The van der Waals surface area contributed by atoms with Crippen molar-refractivity contribution < 1.29 is 4.79 Å². The highest BCUT2D eigenvalue weighted by atomic mass is 32.2. The van der Waals surface area contributed by atoms with Gasteiger partial charge in [0, 0.05) is 12.2 Å². The zero-order valence-corrected chi connectivity index (χ0v) is 12.3. The van der Waals surface area contributed by atoms with Gasteiger partial charge in [-0.25, -0.2) is 4.31 Å². The molecule has 1 aliphatic rings. The van der Waals surface area contributed by atoms with Crippen LogP contribution < -0.4 is 4.90 Å². The van der Waals surface area contributed by atoms with Crippen LogP contribution in [-0.2, 0) is 4.79 Å². The van der Waals surface area contributed by atoms with E-state index in [1.807, 2.05) is 34.3 Å². The summed E-state index contributed by atoms with van der Waals surface area (Å²) >= 11 is 1.33. The third-order valence-electron chi connectivity index (χ3n) is 3.23. The Hall–Kier alpha value is -1.33. The molecule has 5 heteroatoms. The molecule has 1 N–H and O–H groups in total. The maximum absolute atomic E-state index is 11.4. The minimum absolute atomic E-state index is 0.358. The van der Waals surface area contributed by atoms with Crippen LogP contribution in [0.4, 0.5) is 5.69 Å². The number of anilines is 1. The molecule has 1 unspecified atom stereocenters. The Labute approximate surface area is 118 Å². The summed E-state index contributed by atoms with van der Waals surface area (Å²) in [4.78, 5) is 13.2. The zero-order valence-electron chi connectivity index (χ0n) is 11.5. The fraction of sp³-hybridized carbons (Fsp3) is 0.429. The molecule has 0 bridgehead atoms. The highest BCUT2D eigenvalue weighted by Crippen LogP contribution is 2.36. The molecular weight excluding hydrogens is 258 g/mol. The number of rotatable bonds is 4. The lowest BCUT2D eigenvalue weighted by molar-refractivity contribution is -0.110. The topological polar surface area (TPSA) is 47.4 Å². The van der Waals surface area contributed by atoms with Crippen LogP contribution in [0.25, 0.3) is 0 Å². The fourth-order valence-electron chi connectivity index (χ4n) is 2.29. The quantitative estimate of drug-likeness (QED) is 0.679. The average Bonchev–Trinajstić information content (AvgIpc) is 2.74. The number of carbonyl (C=O) groups is 1. The van der Waals surface area contributed by atoms with Crippen molar-refractivity contribution >= 4 is 29.1 Å². The zero-order chi connectivity index (χ0) is 14.0. The van der Waals surface area contributed by atoms with Crippen LogP contribution in [0.5, 0.6) is 0 Å². The molecule has 1 aromatic carbocycles. The van der Waals surface area contributed by atoms with Gasteiger partial charge in [0.05, 0.1) is 0 Å². The number of carbonyl (C=O) groups excluding carboxylic acids is 1. The van der Waals surface area contributed by atoms with Crippen LogP contribution in [0.2, 0.25) is 0 Å². The molecule has 1 aliphatic heterocycles. The highest BCUT2D eigenvalue weighted by Gasteiger charge is 2.37. The summed E-state index contributed by atoms with van der Waals surface area (Å²) in [5.41, 5.74) is 2.13. The summed E-state index contributed by atoms with van der Waals surface area (Å²) in [6, 6.07) is 8.00. The van der Waals surface area contributed by atoms with E-state index in [2.05, 4.69) is 19.9 Å². The number of para-hydroxylation sites is 1. The number of benzene rings is 1. The van der Waals surface area contributed by atoms with E-state index in [4.69, 9.17) is 5.41 Å². The monoisotopic (exact) mass is 277 g/mol. The van der Waals surface area contributed by atoms with Crippen molar-refractivity contribution in [3.63, 3.8) is 0 Å². The Morgan fingerprint density at radius 2 is 2.11 bits per heavy atom. The van der Waals surface area contributed by atoms with Gasteiger partial charge in [-0.15, -0.1) is 0 Å². The van der Waals surface area contributed by atoms with Gasteiger partial charge in [0.25, 0.3) is 0 Å². The Bertz CT molecular complexity index is 489. The molecule has 0 amide bonds. The largest absolute Gasteiger partial charge is 0.299 e. The van der Waals surface area contributed by atoms with E-state index in [1.165, 1.54) is 11.9 Å². The van der Waals surface area contributed by atoms with Gasteiger partial charge >= 0.3 is 0 Å². The molecule has 1 saturated heterocycles. The van der Waals surface area contributed by atoms with Crippen LogP contribution in [-0.4, -0.2) is 28.5 Å². The lowest BCUT2D eigenvalue weighted by Crippen LogP contribution is -2.41. The van der Waals surface area contributed by atoms with Crippen molar-refractivity contribution in [3.05, 3.63) is 29.8 Å². The van der Waals surface area contributed by atoms with Gasteiger partial charge in [0.2, 0.25) is 0 Å². The standard InChI is InChI=1S/C14H19N3OS/c1-4-16-13(9-18)17(14(15)19-16)12-8-6-5-7-11(12)10(2)3/h5-10,13,15H,4H2,1-3H3. The molecule has 1 heterocycles. The van der Waals surface area contributed by atoms with E-state index in [9.17, 15) is 4.79 Å². The second kappa shape index (κ2) is 5.75. The maximum atomic E-state index is 11.4. The first kappa shape index (κ1) is 14.1. The lowest BCUT2D eigenvalue weighted by Gasteiger charge is -2.27. The Morgan fingerprint density at radius 3 is 2.68 bits per heavy atom. The second-order valence-electron chi connectivity index (χ2n) is 4.76. The SMILES string of the molecule is CCN1SC(=N)N(c2ccccc2C(C)C)C1C=O. The van der Waals surface area contributed by atoms with E-state index in [0.717, 1.165) is 24.1 Å². The Balaban J connectivity index is 2.45. The number of aldehydes is 1. The number of nitrogens with zero attached hydrogens (tertiary/aromatic N) is 2. The van der Waals surface area contributed by atoms with E-state index >= 15 is 0 Å². The molecule has 0 aromatic heterocycles. The summed E-state index contributed by atoms with van der Waals surface area (Å²) in [7, 11) is 0. The highest BCUT2D eigenvalue weighted by molar-refractivity contribution is 8.12. The third-order valence-corrected chi connectivity index (χ3v) is 4.31. The number of hydrogen-bond donors (Lipinski definition) is 1. The molecule has 1 aromatic rings. The first-order valence-electron chi connectivity index (χ1n) is 6.46. The third kappa shape index (κ3) is 2.53. The average molecular weight is 277 g/mol. The predicted molar refractivity (Wildman–Crippen MR) is 80.6 cm³/mol. The number of hydrogen-bond acceptors (Lipinski definition) is 4. The molecule has 19 heavy (non-hydrogen) atoms. The summed E-state index contributed by atoms with van der Waals surface area (Å²) in [6.45, 7) is 6.98. The van der Waals surface area contributed by atoms with Crippen molar-refractivity contribution in [2.24, 2.45) is 0 Å². The second-order valence-corrected chi connectivity index (χ2v) is 5.80. The maximum Gasteiger partial charge on any atom is 0.178 e. The minimum atomic E-state index is -0.387. The van der Waals surface area contributed by atoms with E-state index < -0.39 is 0 Å². The van der Waals surface area contributed by atoms with E-state index in [1.54, 1.807) is 0 Å². The van der Waals surface area contributed by atoms with E-state index in [0.29, 0.717) is 11.1 Å². The normalized spacial score (nSPS) is 20.3. The number of likely N-dealkylation sites (N-methyl/N-ethyl adjacent to an activating group) is 1. The van der Waals surface area contributed by atoms with Crippen molar-refractivity contribution in [3.8, 4) is 0 Å². The van der Waals surface area contributed by atoms with Gasteiger partial charge in [-0.1, -0.05) is 39.0 Å². The summed E-state index contributed by atoms with van der Waals surface area (Å²) in [6.07, 6.45) is 0.525. The van der Waals surface area contributed by atoms with Gasteiger partial charge in [0.15, 0.2) is 17.6 Å². The molecule has 0 spiro atoms. The number of amidine groups is 1. The molecule has 0 saturated carbocycles. The Kier molecular flexibility index (Phi) is 4.27. The smallest absolute Gasteiger partial charge is 0.178 e. The first-order valence-corrected chi connectivity index (χ1v) is 7.24. The molecule has 102 valence electrons. The summed E-state index contributed by atoms with van der Waals surface area (Å²) in [5, 5.41) is 8.55. The van der Waals surface area contributed by atoms with Gasteiger partial charge in [0.1, 0.15) is 0 Å². The van der Waals surface area contributed by atoms with Crippen molar-refractivity contribution in [2.45, 2.75) is 32.9 Å². The molecule has 4 nitrogen and oxygen atoms in total. The molecule has 0 radical (unpaired) electrons. The summed E-state index contributed by atoms with van der Waals surface area (Å²) in [5.74, 6) is 0.358. The van der Waals surface area contributed by atoms with E-state index in [-0.39, 0.29) is 6.17 Å². The van der Waals surface area contributed by atoms with Gasteiger partial charge < -0.3 is 0 Å². The fourth-order valence-corrected chi connectivity index (χ4v) is 3.18. The van der Waals surface area contributed by atoms with Crippen LogP contribution in [0.15, 0.2) is 24.3 Å². The Morgan fingerprint density at radius 1 is 1.42 bits per heavy atom. The van der Waals surface area contributed by atoms with Crippen LogP contribution in [0.3, 0.4) is 0 Å². The van der Waals surface area contributed by atoms with Crippen molar-refractivity contribution in [2.75, 3.05) is 11.4 Å². The predicted octanol–water partition coefficient (Wildman–Crippen LogP) is 3.06. The van der Waals surface area contributed by atoms with Crippen LogP contribution in [0.1, 0.15) is 32.3 Å². The van der Waals surface area contributed by atoms with Gasteiger partial charge in [-0.05, 0) is 29.5 Å². The lowest BCUT2D eigenvalue weighted by atomic mass is 10.0. The van der Waals surface area contributed by atoms with Gasteiger partial charge in [-0.2, -0.15) is 0 Å². The molecular formula is C14H19N3OS.